The number of carboxylic acid groups (broad SMARTS) is 1. The Morgan fingerprint density at radius 2 is 2.00 bits per heavy atom. The molecule has 5 nitrogen and oxygen atoms in total. The summed E-state index contributed by atoms with van der Waals surface area (Å²) >= 11 is 0. The van der Waals surface area contributed by atoms with Gasteiger partial charge in [0.05, 0.1) is 22.8 Å². The Kier molecular flexibility index (Phi) is 6.29. The average molecular weight is 318 g/mol. The van der Waals surface area contributed by atoms with E-state index in [2.05, 4.69) is 0 Å². The third kappa shape index (κ3) is 5.43. The van der Waals surface area contributed by atoms with Crippen molar-refractivity contribution in [2.45, 2.75) is 25.2 Å². The highest BCUT2D eigenvalue weighted by Gasteiger charge is 2.19. The summed E-state index contributed by atoms with van der Waals surface area (Å²) < 4.78 is 42.5. The van der Waals surface area contributed by atoms with E-state index in [1.807, 2.05) is 13.8 Å². The third-order valence-electron chi connectivity index (χ3n) is 2.86. The van der Waals surface area contributed by atoms with Gasteiger partial charge in [-0.15, -0.1) is 0 Å². The van der Waals surface area contributed by atoms with Crippen molar-refractivity contribution >= 4 is 15.8 Å². The van der Waals surface area contributed by atoms with Crippen molar-refractivity contribution in [3.63, 3.8) is 0 Å². The number of ether oxygens (including phenoxy) is 1. The van der Waals surface area contributed by atoms with Gasteiger partial charge in [0.2, 0.25) is 0 Å². The Bertz CT molecular complexity index is 595. The lowest BCUT2D eigenvalue weighted by Gasteiger charge is -2.08. The lowest BCUT2D eigenvalue weighted by Crippen LogP contribution is -2.14. The van der Waals surface area contributed by atoms with Crippen molar-refractivity contribution in [2.75, 3.05) is 19.0 Å². The lowest BCUT2D eigenvalue weighted by atomic mass is 10.1. The van der Waals surface area contributed by atoms with Crippen LogP contribution in [0.3, 0.4) is 0 Å². The highest BCUT2D eigenvalue weighted by atomic mass is 32.2. The second-order valence-electron chi connectivity index (χ2n) is 5.06. The van der Waals surface area contributed by atoms with Gasteiger partial charge in [0.25, 0.3) is 0 Å². The maximum absolute atomic E-state index is 13.2. The molecule has 1 aromatic carbocycles. The van der Waals surface area contributed by atoms with Crippen LogP contribution in [-0.2, 0) is 14.6 Å². The van der Waals surface area contributed by atoms with Crippen molar-refractivity contribution in [2.24, 2.45) is 5.92 Å². The molecule has 0 saturated carbocycles. The van der Waals surface area contributed by atoms with Crippen molar-refractivity contribution < 1.29 is 27.4 Å². The molecule has 0 unspecified atom stereocenters. The molecule has 0 aliphatic carbocycles. The zero-order chi connectivity index (χ0) is 16.0. The molecule has 0 amide bonds. The number of hydrogen-bond acceptors (Lipinski definition) is 4. The van der Waals surface area contributed by atoms with Crippen molar-refractivity contribution in [1.29, 1.82) is 0 Å². The monoisotopic (exact) mass is 318 g/mol. The highest BCUT2D eigenvalue weighted by molar-refractivity contribution is 7.91. The van der Waals surface area contributed by atoms with Gasteiger partial charge in [0.1, 0.15) is 5.82 Å². The fraction of sp³-hybridized carbons (Fsp3) is 0.500. The molecular formula is C14H19FO5S. The van der Waals surface area contributed by atoms with Gasteiger partial charge < -0.3 is 9.84 Å². The van der Waals surface area contributed by atoms with Crippen LogP contribution in [0.2, 0.25) is 0 Å². The number of carbonyl (C=O) groups is 1. The molecule has 0 spiro atoms. The first-order valence-electron chi connectivity index (χ1n) is 6.57. The van der Waals surface area contributed by atoms with Crippen LogP contribution in [0, 0.1) is 11.7 Å². The van der Waals surface area contributed by atoms with E-state index in [4.69, 9.17) is 9.84 Å². The third-order valence-corrected chi connectivity index (χ3v) is 4.54. The van der Waals surface area contributed by atoms with E-state index in [1.54, 1.807) is 0 Å². The minimum absolute atomic E-state index is 0.0227. The van der Waals surface area contributed by atoms with Crippen LogP contribution in [0.25, 0.3) is 0 Å². The van der Waals surface area contributed by atoms with Crippen molar-refractivity contribution in [3.05, 3.63) is 29.6 Å². The number of carboxylic acids is 1. The Balaban J connectivity index is 2.70. The Labute approximate surface area is 123 Å². The maximum atomic E-state index is 13.2. The molecule has 1 rings (SSSR count). The van der Waals surface area contributed by atoms with E-state index in [9.17, 15) is 17.6 Å². The van der Waals surface area contributed by atoms with Gasteiger partial charge in [-0.2, -0.15) is 0 Å². The minimum atomic E-state index is -3.69. The molecule has 1 N–H and O–H groups in total. The quantitative estimate of drug-likeness (QED) is 0.588. The summed E-state index contributed by atoms with van der Waals surface area (Å²) in [5.41, 5.74) is -0.656. The molecule has 1 aromatic rings. The molecule has 0 aliphatic rings. The molecule has 0 atom stereocenters. The molecule has 0 saturated heterocycles. The zero-order valence-electron chi connectivity index (χ0n) is 12.0. The molecule has 0 aromatic heterocycles. The van der Waals surface area contributed by atoms with Gasteiger partial charge in [-0.3, -0.25) is 0 Å². The van der Waals surface area contributed by atoms with Crippen LogP contribution >= 0.6 is 0 Å². The Hall–Kier alpha value is -1.47. The zero-order valence-corrected chi connectivity index (χ0v) is 12.8. The summed E-state index contributed by atoms with van der Waals surface area (Å²) in [7, 11) is -3.69. The largest absolute Gasteiger partial charge is 0.478 e. The molecule has 7 heteroatoms. The number of hydrogen-bond donors (Lipinski definition) is 1. The normalized spacial score (nSPS) is 11.8. The number of aromatic carboxylic acids is 1. The van der Waals surface area contributed by atoms with Crippen LogP contribution in [0.5, 0.6) is 0 Å². The second-order valence-corrected chi connectivity index (χ2v) is 7.17. The predicted molar refractivity (Wildman–Crippen MR) is 75.7 cm³/mol. The van der Waals surface area contributed by atoms with Crippen molar-refractivity contribution in [3.8, 4) is 0 Å². The van der Waals surface area contributed by atoms with E-state index in [1.165, 1.54) is 0 Å². The van der Waals surface area contributed by atoms with Crippen LogP contribution in [0.15, 0.2) is 23.1 Å². The number of sulfone groups is 1. The topological polar surface area (TPSA) is 80.7 Å². The summed E-state index contributed by atoms with van der Waals surface area (Å²) in [6.07, 6.45) is 0.833. The Morgan fingerprint density at radius 3 is 2.57 bits per heavy atom. The Morgan fingerprint density at radius 1 is 1.33 bits per heavy atom. The first-order chi connectivity index (χ1) is 9.74. The molecule has 0 radical (unpaired) electrons. The molecular weight excluding hydrogens is 299 g/mol. The second kappa shape index (κ2) is 7.51. The summed E-state index contributed by atoms with van der Waals surface area (Å²) in [5, 5.41) is 8.79. The molecule has 118 valence electrons. The first-order valence-corrected chi connectivity index (χ1v) is 8.22. The van der Waals surface area contributed by atoms with Crippen LogP contribution in [0.4, 0.5) is 4.39 Å². The van der Waals surface area contributed by atoms with Crippen LogP contribution in [0.1, 0.15) is 30.6 Å². The predicted octanol–water partition coefficient (Wildman–Crippen LogP) is 2.36. The molecule has 0 fully saturated rings. The summed E-state index contributed by atoms with van der Waals surface area (Å²) in [4.78, 5) is 10.6. The van der Waals surface area contributed by atoms with Crippen molar-refractivity contribution in [1.82, 2.24) is 0 Å². The maximum Gasteiger partial charge on any atom is 0.338 e. The SMILES string of the molecule is CC(C)CCOCCS(=O)(=O)c1ccc(F)c(C(=O)O)c1. The van der Waals surface area contributed by atoms with Gasteiger partial charge in [-0.05, 0) is 30.5 Å². The summed E-state index contributed by atoms with van der Waals surface area (Å²) in [6.45, 7) is 4.56. The average Bonchev–Trinajstić information content (AvgIpc) is 2.37. The van der Waals surface area contributed by atoms with Crippen LogP contribution < -0.4 is 0 Å². The van der Waals surface area contributed by atoms with Gasteiger partial charge in [0.15, 0.2) is 9.84 Å². The number of halogens is 1. The fourth-order valence-electron chi connectivity index (χ4n) is 1.57. The van der Waals surface area contributed by atoms with Gasteiger partial charge >= 0.3 is 5.97 Å². The fourth-order valence-corrected chi connectivity index (χ4v) is 2.72. The number of benzene rings is 1. The van der Waals surface area contributed by atoms with Gasteiger partial charge in [-0.1, -0.05) is 13.8 Å². The van der Waals surface area contributed by atoms with Gasteiger partial charge in [0, 0.05) is 6.61 Å². The van der Waals surface area contributed by atoms with E-state index < -0.39 is 27.2 Å². The molecule has 0 bridgehead atoms. The molecule has 21 heavy (non-hydrogen) atoms. The van der Waals surface area contributed by atoms with E-state index in [0.29, 0.717) is 12.5 Å². The highest BCUT2D eigenvalue weighted by Crippen LogP contribution is 2.16. The molecule has 0 aliphatic heterocycles. The van der Waals surface area contributed by atoms with E-state index in [-0.39, 0.29) is 17.3 Å². The van der Waals surface area contributed by atoms with E-state index in [0.717, 1.165) is 24.6 Å². The summed E-state index contributed by atoms with van der Waals surface area (Å²) in [6, 6.07) is 2.74. The standard InChI is InChI=1S/C14H19FO5S/c1-10(2)5-6-20-7-8-21(18,19)11-3-4-13(15)12(9-11)14(16)17/h3-4,9-10H,5-8H2,1-2H3,(H,16,17). The smallest absolute Gasteiger partial charge is 0.338 e. The first kappa shape index (κ1) is 17.6. The van der Waals surface area contributed by atoms with Crippen LogP contribution in [-0.4, -0.2) is 38.5 Å². The van der Waals surface area contributed by atoms with E-state index >= 15 is 0 Å². The lowest BCUT2D eigenvalue weighted by molar-refractivity contribution is 0.0691. The molecule has 0 heterocycles. The number of rotatable bonds is 8. The summed E-state index contributed by atoms with van der Waals surface area (Å²) in [5.74, 6) is -2.26. The minimum Gasteiger partial charge on any atom is -0.478 e. The van der Waals surface area contributed by atoms with Gasteiger partial charge in [-0.25, -0.2) is 17.6 Å².